The molecule has 1 saturated heterocycles. The third-order valence-electron chi connectivity index (χ3n) is 5.19. The number of ketones is 1. The van der Waals surface area contributed by atoms with Crippen molar-refractivity contribution in [2.45, 2.75) is 33.2 Å². The van der Waals surface area contributed by atoms with Crippen molar-refractivity contribution in [1.29, 1.82) is 0 Å². The first kappa shape index (κ1) is 21.8. The largest absolute Gasteiger partial charge is 0.462 e. The molecule has 9 heteroatoms. The lowest BCUT2D eigenvalue weighted by atomic mass is 9.92. The Labute approximate surface area is 182 Å². The minimum absolute atomic E-state index is 0.172. The number of hydrogen-bond acceptors (Lipinski definition) is 5. The molecule has 1 fully saturated rings. The van der Waals surface area contributed by atoms with Crippen LogP contribution in [-0.2, 0) is 15.1 Å². The minimum Gasteiger partial charge on any atom is -0.462 e. The molecule has 0 radical (unpaired) electrons. The summed E-state index contributed by atoms with van der Waals surface area (Å²) >= 11 is 3.41. The summed E-state index contributed by atoms with van der Waals surface area (Å²) < 4.78 is 5.70. The Morgan fingerprint density at radius 3 is 2.50 bits per heavy atom. The van der Waals surface area contributed by atoms with Crippen LogP contribution in [0, 0.1) is 13.8 Å². The van der Waals surface area contributed by atoms with E-state index in [1.165, 1.54) is 0 Å². The van der Waals surface area contributed by atoms with E-state index in [-0.39, 0.29) is 17.9 Å². The number of benzene rings is 1. The number of carbonyl (C=O) groups is 4. The SMILES string of the molecule is CCOC(=O)c1c(C)[nH]c(C(=O)CN2C(=O)N[C@](C)(c3ccccc3Br)C2=O)c1C. The Balaban J connectivity index is 1.87. The molecule has 1 aromatic heterocycles. The number of H-pyrrole nitrogens is 1. The Bertz CT molecular complexity index is 1060. The lowest BCUT2D eigenvalue weighted by Crippen LogP contribution is -2.41. The molecular formula is C21H22BrN3O5. The summed E-state index contributed by atoms with van der Waals surface area (Å²) in [5.41, 5.74) is 0.672. The van der Waals surface area contributed by atoms with Gasteiger partial charge in [-0.25, -0.2) is 9.59 Å². The number of esters is 1. The van der Waals surface area contributed by atoms with E-state index in [9.17, 15) is 19.2 Å². The van der Waals surface area contributed by atoms with E-state index in [0.717, 1.165) is 4.90 Å². The molecule has 3 rings (SSSR count). The monoisotopic (exact) mass is 475 g/mol. The van der Waals surface area contributed by atoms with Crippen LogP contribution in [-0.4, -0.2) is 46.7 Å². The second-order valence-electron chi connectivity index (χ2n) is 7.19. The van der Waals surface area contributed by atoms with Gasteiger partial charge in [-0.2, -0.15) is 0 Å². The molecule has 0 unspecified atom stereocenters. The van der Waals surface area contributed by atoms with Crippen LogP contribution in [0.4, 0.5) is 4.79 Å². The van der Waals surface area contributed by atoms with Gasteiger partial charge in [0.05, 0.1) is 24.4 Å². The molecule has 0 spiro atoms. The number of carbonyl (C=O) groups excluding carboxylic acids is 4. The van der Waals surface area contributed by atoms with Crippen molar-refractivity contribution >= 4 is 39.6 Å². The van der Waals surface area contributed by atoms with E-state index in [1.54, 1.807) is 52.0 Å². The Hall–Kier alpha value is -2.94. The fourth-order valence-electron chi connectivity index (χ4n) is 3.65. The number of ether oxygens (including phenoxy) is 1. The van der Waals surface area contributed by atoms with Crippen molar-refractivity contribution in [3.05, 3.63) is 56.8 Å². The average Bonchev–Trinajstić information content (AvgIpc) is 3.10. The number of nitrogens with one attached hydrogen (secondary N) is 2. The van der Waals surface area contributed by atoms with Gasteiger partial charge in [-0.1, -0.05) is 34.1 Å². The van der Waals surface area contributed by atoms with Crippen LogP contribution in [0.3, 0.4) is 0 Å². The summed E-state index contributed by atoms with van der Waals surface area (Å²) in [5.74, 6) is -1.54. The topological polar surface area (TPSA) is 109 Å². The smallest absolute Gasteiger partial charge is 0.340 e. The molecule has 1 aliphatic heterocycles. The molecule has 2 N–H and O–H groups in total. The van der Waals surface area contributed by atoms with Crippen molar-refractivity contribution in [2.75, 3.05) is 13.2 Å². The molecule has 0 saturated carbocycles. The second kappa shape index (κ2) is 8.06. The van der Waals surface area contributed by atoms with Gasteiger partial charge in [0.2, 0.25) is 0 Å². The van der Waals surface area contributed by atoms with Crippen molar-refractivity contribution in [1.82, 2.24) is 15.2 Å². The van der Waals surface area contributed by atoms with E-state index in [2.05, 4.69) is 26.2 Å². The average molecular weight is 476 g/mol. The molecule has 8 nitrogen and oxygen atoms in total. The number of aromatic amines is 1. The van der Waals surface area contributed by atoms with Crippen molar-refractivity contribution < 1.29 is 23.9 Å². The summed E-state index contributed by atoms with van der Waals surface area (Å²) in [6.07, 6.45) is 0. The molecule has 3 amide bonds. The summed E-state index contributed by atoms with van der Waals surface area (Å²) in [4.78, 5) is 54.5. The quantitative estimate of drug-likeness (QED) is 0.378. The first-order valence-corrected chi connectivity index (χ1v) is 10.2. The Morgan fingerprint density at radius 2 is 1.87 bits per heavy atom. The zero-order valence-electron chi connectivity index (χ0n) is 17.1. The molecule has 1 aliphatic rings. The molecule has 1 aromatic carbocycles. The molecular weight excluding hydrogens is 454 g/mol. The Kier molecular flexibility index (Phi) is 5.85. The predicted molar refractivity (Wildman–Crippen MR) is 112 cm³/mol. The fraction of sp³-hybridized carbons (Fsp3) is 0.333. The van der Waals surface area contributed by atoms with E-state index in [1.807, 2.05) is 0 Å². The maximum atomic E-state index is 13.1. The van der Waals surface area contributed by atoms with Crippen LogP contribution < -0.4 is 5.32 Å². The van der Waals surface area contributed by atoms with Crippen molar-refractivity contribution in [3.8, 4) is 0 Å². The van der Waals surface area contributed by atoms with Gasteiger partial charge in [-0.15, -0.1) is 0 Å². The van der Waals surface area contributed by atoms with Gasteiger partial charge in [0, 0.05) is 15.7 Å². The van der Waals surface area contributed by atoms with Gasteiger partial charge < -0.3 is 15.0 Å². The molecule has 1 atom stereocenters. The zero-order chi connectivity index (χ0) is 22.2. The molecule has 2 heterocycles. The summed E-state index contributed by atoms with van der Waals surface area (Å²) in [6, 6.07) is 6.42. The third kappa shape index (κ3) is 3.54. The highest BCUT2D eigenvalue weighted by molar-refractivity contribution is 9.10. The molecule has 2 aromatic rings. The highest BCUT2D eigenvalue weighted by Gasteiger charge is 2.50. The van der Waals surface area contributed by atoms with Crippen LogP contribution in [0.1, 0.15) is 51.5 Å². The van der Waals surface area contributed by atoms with E-state index < -0.39 is 35.8 Å². The number of rotatable bonds is 6. The summed E-state index contributed by atoms with van der Waals surface area (Å²) in [6.45, 7) is 6.34. The van der Waals surface area contributed by atoms with Gasteiger partial charge in [-0.05, 0) is 39.3 Å². The number of imide groups is 1. The van der Waals surface area contributed by atoms with Crippen molar-refractivity contribution in [3.63, 3.8) is 0 Å². The maximum Gasteiger partial charge on any atom is 0.340 e. The predicted octanol–water partition coefficient (Wildman–Crippen LogP) is 3.22. The number of urea groups is 1. The zero-order valence-corrected chi connectivity index (χ0v) is 18.7. The van der Waals surface area contributed by atoms with E-state index in [4.69, 9.17) is 4.74 Å². The maximum absolute atomic E-state index is 13.1. The van der Waals surface area contributed by atoms with Crippen LogP contribution in [0.2, 0.25) is 0 Å². The van der Waals surface area contributed by atoms with Crippen molar-refractivity contribution in [2.24, 2.45) is 0 Å². The molecule has 0 aliphatic carbocycles. The van der Waals surface area contributed by atoms with Crippen LogP contribution in [0.5, 0.6) is 0 Å². The highest BCUT2D eigenvalue weighted by atomic mass is 79.9. The normalized spacial score (nSPS) is 18.5. The summed E-state index contributed by atoms with van der Waals surface area (Å²) in [7, 11) is 0. The van der Waals surface area contributed by atoms with Gasteiger partial charge >= 0.3 is 12.0 Å². The van der Waals surface area contributed by atoms with E-state index >= 15 is 0 Å². The minimum atomic E-state index is -1.30. The number of halogens is 1. The van der Waals surface area contributed by atoms with Gasteiger partial charge in [0.15, 0.2) is 5.78 Å². The summed E-state index contributed by atoms with van der Waals surface area (Å²) in [5, 5.41) is 2.68. The number of amides is 3. The molecule has 158 valence electrons. The first-order chi connectivity index (χ1) is 14.1. The molecule has 0 bridgehead atoms. The fourth-order valence-corrected chi connectivity index (χ4v) is 4.33. The molecule has 30 heavy (non-hydrogen) atoms. The van der Waals surface area contributed by atoms with E-state index in [0.29, 0.717) is 21.3 Å². The van der Waals surface area contributed by atoms with Crippen LogP contribution >= 0.6 is 15.9 Å². The number of Topliss-reactive ketones (excluding diaryl/α,β-unsaturated/α-hetero) is 1. The van der Waals surface area contributed by atoms with Gasteiger partial charge in [-0.3, -0.25) is 14.5 Å². The van der Waals surface area contributed by atoms with Gasteiger partial charge in [0.1, 0.15) is 5.54 Å². The lowest BCUT2D eigenvalue weighted by Gasteiger charge is -2.23. The second-order valence-corrected chi connectivity index (χ2v) is 8.05. The Morgan fingerprint density at radius 1 is 1.20 bits per heavy atom. The standard InChI is InChI=1S/C21H22BrN3O5/c1-5-30-18(27)16-11(2)17(23-12(16)3)15(26)10-25-19(28)21(4,24-20(25)29)13-8-6-7-9-14(13)22/h6-9,23H,5,10H2,1-4H3,(H,24,29)/t21-/m1/s1. The first-order valence-electron chi connectivity index (χ1n) is 9.40. The third-order valence-corrected chi connectivity index (χ3v) is 5.88. The van der Waals surface area contributed by atoms with Crippen LogP contribution in [0.25, 0.3) is 0 Å². The lowest BCUT2D eigenvalue weighted by molar-refractivity contribution is -0.130. The number of aromatic nitrogens is 1. The number of aryl methyl sites for hydroxylation is 1. The number of hydrogen-bond donors (Lipinski definition) is 2. The van der Waals surface area contributed by atoms with Crippen LogP contribution in [0.15, 0.2) is 28.7 Å². The highest BCUT2D eigenvalue weighted by Crippen LogP contribution is 2.33. The number of nitrogens with zero attached hydrogens (tertiary/aromatic N) is 1. The van der Waals surface area contributed by atoms with Gasteiger partial charge in [0.25, 0.3) is 5.91 Å².